The molecule has 0 saturated heterocycles. The lowest BCUT2D eigenvalue weighted by molar-refractivity contribution is 0.0932. The Labute approximate surface area is 94.3 Å². The highest BCUT2D eigenvalue weighted by molar-refractivity contribution is 5.92. The zero-order valence-corrected chi connectivity index (χ0v) is 9.62. The van der Waals surface area contributed by atoms with Gasteiger partial charge < -0.3 is 5.32 Å². The van der Waals surface area contributed by atoms with E-state index < -0.39 is 0 Å². The van der Waals surface area contributed by atoms with E-state index in [1.54, 1.807) is 0 Å². The van der Waals surface area contributed by atoms with Crippen LogP contribution in [0.1, 0.15) is 43.6 Å². The minimum absolute atomic E-state index is 0.126. The summed E-state index contributed by atoms with van der Waals surface area (Å²) in [7, 11) is 0. The Bertz CT molecular complexity index is 380. The van der Waals surface area contributed by atoms with Gasteiger partial charge >= 0.3 is 0 Å². The van der Waals surface area contributed by atoms with Gasteiger partial charge in [-0.25, -0.2) is 5.10 Å². The third-order valence-corrected chi connectivity index (χ3v) is 2.28. The number of nitrogens with one attached hydrogen (secondary N) is 2. The van der Waals surface area contributed by atoms with E-state index in [1.807, 2.05) is 6.92 Å². The Morgan fingerprint density at radius 1 is 1.56 bits per heavy atom. The van der Waals surface area contributed by atoms with Crippen LogP contribution in [-0.4, -0.2) is 22.1 Å². The van der Waals surface area contributed by atoms with E-state index >= 15 is 0 Å². The molecular formula is C11H17N3O2. The molecule has 1 atom stereocenters. The summed E-state index contributed by atoms with van der Waals surface area (Å²) < 4.78 is 0. The average molecular weight is 223 g/mol. The first-order valence-corrected chi connectivity index (χ1v) is 5.50. The molecule has 0 aliphatic carbocycles. The molecule has 0 aliphatic rings. The number of unbranched alkanes of at least 4 members (excludes halogenated alkanes) is 1. The number of aromatic nitrogens is 2. The molecule has 0 spiro atoms. The SMILES string of the molecule is CCCCC(C)NC(=O)c1ccc(=O)[nH]n1. The summed E-state index contributed by atoms with van der Waals surface area (Å²) in [5.41, 5.74) is -0.0708. The summed E-state index contributed by atoms with van der Waals surface area (Å²) in [6.45, 7) is 4.07. The van der Waals surface area contributed by atoms with E-state index in [0.29, 0.717) is 0 Å². The molecule has 1 aromatic rings. The van der Waals surface area contributed by atoms with E-state index in [-0.39, 0.29) is 23.2 Å². The number of carbonyl (C=O) groups excluding carboxylic acids is 1. The molecule has 1 aromatic heterocycles. The maximum absolute atomic E-state index is 11.6. The van der Waals surface area contributed by atoms with Crippen molar-refractivity contribution in [3.05, 3.63) is 28.2 Å². The number of H-pyrrole nitrogens is 1. The Morgan fingerprint density at radius 2 is 2.31 bits per heavy atom. The minimum atomic E-state index is -0.310. The fraction of sp³-hybridized carbons (Fsp3) is 0.545. The van der Waals surface area contributed by atoms with Gasteiger partial charge in [-0.3, -0.25) is 9.59 Å². The van der Waals surface area contributed by atoms with E-state index in [9.17, 15) is 9.59 Å². The fourth-order valence-electron chi connectivity index (χ4n) is 1.35. The van der Waals surface area contributed by atoms with Gasteiger partial charge in [0.25, 0.3) is 11.5 Å². The van der Waals surface area contributed by atoms with E-state index in [4.69, 9.17) is 0 Å². The Morgan fingerprint density at radius 3 is 2.88 bits per heavy atom. The van der Waals surface area contributed by atoms with Gasteiger partial charge in [0, 0.05) is 12.1 Å². The second-order valence-electron chi connectivity index (χ2n) is 3.82. The summed E-state index contributed by atoms with van der Waals surface area (Å²) >= 11 is 0. The molecule has 0 bridgehead atoms. The molecular weight excluding hydrogens is 206 g/mol. The van der Waals surface area contributed by atoms with Crippen LogP contribution in [0.5, 0.6) is 0 Å². The van der Waals surface area contributed by atoms with Gasteiger partial charge in [-0.15, -0.1) is 0 Å². The number of amides is 1. The summed E-state index contributed by atoms with van der Waals surface area (Å²) in [6, 6.07) is 2.83. The highest BCUT2D eigenvalue weighted by atomic mass is 16.2. The number of carbonyl (C=O) groups is 1. The van der Waals surface area contributed by atoms with Crippen molar-refractivity contribution in [2.75, 3.05) is 0 Å². The summed E-state index contributed by atoms with van der Waals surface area (Å²) in [5.74, 6) is -0.250. The van der Waals surface area contributed by atoms with Gasteiger partial charge in [0.2, 0.25) is 0 Å². The van der Waals surface area contributed by atoms with Gasteiger partial charge in [-0.05, 0) is 19.4 Å². The molecule has 1 rings (SSSR count). The molecule has 0 saturated carbocycles. The smallest absolute Gasteiger partial charge is 0.271 e. The van der Waals surface area contributed by atoms with E-state index in [1.165, 1.54) is 12.1 Å². The molecule has 5 nitrogen and oxygen atoms in total. The summed E-state index contributed by atoms with van der Waals surface area (Å²) in [5, 5.41) is 8.72. The van der Waals surface area contributed by atoms with Crippen LogP contribution in [0, 0.1) is 0 Å². The molecule has 0 radical (unpaired) electrons. The Kier molecular flexibility index (Phi) is 4.69. The first-order valence-electron chi connectivity index (χ1n) is 5.50. The zero-order chi connectivity index (χ0) is 12.0. The monoisotopic (exact) mass is 223 g/mol. The maximum Gasteiger partial charge on any atom is 0.271 e. The number of hydrogen-bond donors (Lipinski definition) is 2. The van der Waals surface area contributed by atoms with Crippen molar-refractivity contribution in [1.29, 1.82) is 0 Å². The number of rotatable bonds is 5. The average Bonchev–Trinajstić information content (AvgIpc) is 2.27. The van der Waals surface area contributed by atoms with Crippen molar-refractivity contribution >= 4 is 5.91 Å². The molecule has 5 heteroatoms. The van der Waals surface area contributed by atoms with Crippen LogP contribution in [0.3, 0.4) is 0 Å². The van der Waals surface area contributed by atoms with Crippen molar-refractivity contribution in [3.8, 4) is 0 Å². The highest BCUT2D eigenvalue weighted by Gasteiger charge is 2.10. The Hall–Kier alpha value is -1.65. The fourth-order valence-corrected chi connectivity index (χ4v) is 1.35. The zero-order valence-electron chi connectivity index (χ0n) is 9.62. The van der Waals surface area contributed by atoms with Crippen molar-refractivity contribution in [1.82, 2.24) is 15.5 Å². The normalized spacial score (nSPS) is 12.1. The lowest BCUT2D eigenvalue weighted by atomic mass is 10.1. The van der Waals surface area contributed by atoms with Crippen LogP contribution in [0.25, 0.3) is 0 Å². The van der Waals surface area contributed by atoms with Crippen LogP contribution in [0.15, 0.2) is 16.9 Å². The molecule has 16 heavy (non-hydrogen) atoms. The predicted molar refractivity (Wildman–Crippen MR) is 61.3 cm³/mol. The molecule has 88 valence electrons. The van der Waals surface area contributed by atoms with Crippen LogP contribution in [0.4, 0.5) is 0 Å². The second-order valence-corrected chi connectivity index (χ2v) is 3.82. The van der Waals surface area contributed by atoms with E-state index in [0.717, 1.165) is 19.3 Å². The van der Waals surface area contributed by atoms with Gasteiger partial charge in [0.05, 0.1) is 0 Å². The van der Waals surface area contributed by atoms with Crippen LogP contribution < -0.4 is 10.9 Å². The van der Waals surface area contributed by atoms with Gasteiger partial charge in [-0.2, -0.15) is 5.10 Å². The van der Waals surface area contributed by atoms with Crippen molar-refractivity contribution in [2.45, 2.75) is 39.2 Å². The lowest BCUT2D eigenvalue weighted by Crippen LogP contribution is -2.33. The molecule has 0 aromatic carbocycles. The van der Waals surface area contributed by atoms with Crippen LogP contribution >= 0.6 is 0 Å². The summed E-state index contributed by atoms with van der Waals surface area (Å²) in [6.07, 6.45) is 3.14. The number of nitrogens with zero attached hydrogens (tertiary/aromatic N) is 1. The predicted octanol–water partition coefficient (Wildman–Crippen LogP) is 1.08. The minimum Gasteiger partial charge on any atom is -0.348 e. The largest absolute Gasteiger partial charge is 0.348 e. The second kappa shape index (κ2) is 6.05. The number of aromatic amines is 1. The van der Waals surface area contributed by atoms with Gasteiger partial charge in [-0.1, -0.05) is 19.8 Å². The first-order chi connectivity index (χ1) is 7.63. The Balaban J connectivity index is 2.52. The molecule has 1 amide bonds. The van der Waals surface area contributed by atoms with Gasteiger partial charge in [0.15, 0.2) is 0 Å². The number of hydrogen-bond acceptors (Lipinski definition) is 3. The molecule has 0 fully saturated rings. The maximum atomic E-state index is 11.6. The topological polar surface area (TPSA) is 74.8 Å². The molecule has 1 heterocycles. The van der Waals surface area contributed by atoms with Crippen molar-refractivity contribution in [3.63, 3.8) is 0 Å². The van der Waals surface area contributed by atoms with Crippen LogP contribution in [0.2, 0.25) is 0 Å². The van der Waals surface area contributed by atoms with Gasteiger partial charge in [0.1, 0.15) is 5.69 Å². The first kappa shape index (κ1) is 12.4. The molecule has 1 unspecified atom stereocenters. The lowest BCUT2D eigenvalue weighted by Gasteiger charge is -2.12. The van der Waals surface area contributed by atoms with Crippen molar-refractivity contribution < 1.29 is 4.79 Å². The molecule has 0 aliphatic heterocycles. The molecule has 2 N–H and O–H groups in total. The van der Waals surface area contributed by atoms with E-state index in [2.05, 4.69) is 22.4 Å². The highest BCUT2D eigenvalue weighted by Crippen LogP contribution is 2.00. The summed E-state index contributed by atoms with van der Waals surface area (Å²) in [4.78, 5) is 22.4. The standard InChI is InChI=1S/C11H17N3O2/c1-3-4-5-8(2)12-11(16)9-6-7-10(15)14-13-9/h6-8H,3-5H2,1-2H3,(H,12,16)(H,14,15). The quantitative estimate of drug-likeness (QED) is 0.784. The van der Waals surface area contributed by atoms with Crippen molar-refractivity contribution in [2.24, 2.45) is 0 Å². The third-order valence-electron chi connectivity index (χ3n) is 2.28. The third kappa shape index (κ3) is 3.84. The van der Waals surface area contributed by atoms with Crippen LogP contribution in [-0.2, 0) is 0 Å².